The molecule has 0 saturated carbocycles. The van der Waals surface area contributed by atoms with Crippen molar-refractivity contribution in [1.82, 2.24) is 4.90 Å². The summed E-state index contributed by atoms with van der Waals surface area (Å²) in [5, 5.41) is 20.1. The molecule has 176 valence electrons. The van der Waals surface area contributed by atoms with Crippen molar-refractivity contribution in [1.29, 1.82) is 0 Å². The third kappa shape index (κ3) is 4.59. The number of nitrogens with zero attached hydrogens (tertiary/aromatic N) is 1. The molecule has 3 aromatic rings. The third-order valence-corrected chi connectivity index (χ3v) is 6.98. The maximum Gasteiger partial charge on any atom is 0.150 e. The molecule has 6 heteroatoms. The summed E-state index contributed by atoms with van der Waals surface area (Å²) in [5.41, 5.74) is 4.65. The summed E-state index contributed by atoms with van der Waals surface area (Å²) < 4.78 is 12.4. The molecule has 0 amide bonds. The van der Waals surface area contributed by atoms with Crippen molar-refractivity contribution in [3.8, 4) is 23.0 Å². The topological polar surface area (TPSA) is 62.2 Å². The lowest BCUT2D eigenvalue weighted by Gasteiger charge is -2.38. The zero-order chi connectivity index (χ0) is 23.7. The molecule has 0 bridgehead atoms. The van der Waals surface area contributed by atoms with E-state index < -0.39 is 0 Å². The van der Waals surface area contributed by atoms with Gasteiger partial charge in [-0.25, -0.2) is 0 Å². The molecule has 0 spiro atoms. The van der Waals surface area contributed by atoms with Gasteiger partial charge in [-0.15, -0.1) is 11.6 Å². The number of phenols is 2. The van der Waals surface area contributed by atoms with Crippen LogP contribution in [0.15, 0.2) is 66.7 Å². The van der Waals surface area contributed by atoms with Crippen LogP contribution in [-0.4, -0.2) is 47.2 Å². The minimum atomic E-state index is -0.360. The van der Waals surface area contributed by atoms with Crippen LogP contribution in [0, 0.1) is 5.92 Å². The minimum Gasteiger partial charge on any atom is -0.508 e. The first kappa shape index (κ1) is 22.6. The fourth-order valence-corrected chi connectivity index (χ4v) is 4.90. The van der Waals surface area contributed by atoms with Crippen molar-refractivity contribution in [3.05, 3.63) is 83.4 Å². The summed E-state index contributed by atoms with van der Waals surface area (Å²) >= 11 is 5.88. The molecule has 3 aromatic carbocycles. The Labute approximate surface area is 204 Å². The van der Waals surface area contributed by atoms with Gasteiger partial charge in [-0.1, -0.05) is 24.3 Å². The molecular formula is C28H28ClNO4. The highest BCUT2D eigenvalue weighted by Gasteiger charge is 2.30. The number of halogens is 1. The van der Waals surface area contributed by atoms with Crippen LogP contribution < -0.4 is 9.47 Å². The summed E-state index contributed by atoms with van der Waals surface area (Å²) in [5.74, 6) is 3.26. The fourth-order valence-electron chi connectivity index (χ4n) is 4.71. The van der Waals surface area contributed by atoms with Crippen LogP contribution in [0.1, 0.15) is 29.7 Å². The highest BCUT2D eigenvalue weighted by molar-refractivity contribution is 6.18. The Balaban J connectivity index is 1.38. The molecule has 1 unspecified atom stereocenters. The van der Waals surface area contributed by atoms with E-state index >= 15 is 0 Å². The Morgan fingerprint density at radius 1 is 1.00 bits per heavy atom. The summed E-state index contributed by atoms with van der Waals surface area (Å²) in [6, 6.07) is 20.3. The van der Waals surface area contributed by atoms with Gasteiger partial charge in [0.25, 0.3) is 0 Å². The molecular weight excluding hydrogens is 450 g/mol. The predicted octanol–water partition coefficient (Wildman–Crippen LogP) is 5.71. The highest BCUT2D eigenvalue weighted by atomic mass is 35.5. The molecule has 34 heavy (non-hydrogen) atoms. The molecule has 2 heterocycles. The minimum absolute atomic E-state index is 0.188. The van der Waals surface area contributed by atoms with Gasteiger partial charge in [0.15, 0.2) is 0 Å². The number of aromatic hydroxyl groups is 2. The molecule has 1 saturated heterocycles. The Morgan fingerprint density at radius 2 is 1.76 bits per heavy atom. The second-order valence-corrected chi connectivity index (χ2v) is 9.27. The van der Waals surface area contributed by atoms with Gasteiger partial charge >= 0.3 is 0 Å². The first-order chi connectivity index (χ1) is 16.5. The lowest BCUT2D eigenvalue weighted by atomic mass is 9.86. The second-order valence-electron chi connectivity index (χ2n) is 8.96. The van der Waals surface area contributed by atoms with E-state index in [2.05, 4.69) is 4.90 Å². The van der Waals surface area contributed by atoms with Gasteiger partial charge in [-0.2, -0.15) is 0 Å². The number of benzene rings is 3. The van der Waals surface area contributed by atoms with E-state index in [4.69, 9.17) is 21.1 Å². The number of allylic oxidation sites excluding steroid dienone is 1. The molecule has 5 rings (SSSR count). The smallest absolute Gasteiger partial charge is 0.150 e. The maximum absolute atomic E-state index is 10.1. The number of ether oxygens (including phenoxy) is 2. The Kier molecular flexibility index (Phi) is 6.40. The van der Waals surface area contributed by atoms with E-state index in [0.717, 1.165) is 59.1 Å². The standard InChI is InChI=1S/C28H28ClNO4/c1-18-25-14-23(32)7-10-26(25)34-28(27(18)21-3-2-4-22(31)13-21)20-5-8-24(9-6-20)33-12-11-30-16-19(15-29)17-30/h2-10,13-14,19,28,31-32H,11-12,15-17H2,1H3. The molecule has 1 atom stereocenters. The highest BCUT2D eigenvalue weighted by Crippen LogP contribution is 2.47. The monoisotopic (exact) mass is 477 g/mol. The summed E-state index contributed by atoms with van der Waals surface area (Å²) in [6.45, 7) is 5.66. The number of likely N-dealkylation sites (tertiary alicyclic amines) is 1. The molecule has 2 N–H and O–H groups in total. The van der Waals surface area contributed by atoms with Gasteiger partial charge < -0.3 is 19.7 Å². The zero-order valence-electron chi connectivity index (χ0n) is 19.1. The van der Waals surface area contributed by atoms with E-state index in [1.165, 1.54) is 0 Å². The maximum atomic E-state index is 10.1. The van der Waals surface area contributed by atoms with E-state index in [9.17, 15) is 10.2 Å². The van der Waals surface area contributed by atoms with Gasteiger partial charge in [0, 0.05) is 36.7 Å². The lowest BCUT2D eigenvalue weighted by Crippen LogP contribution is -2.48. The van der Waals surface area contributed by atoms with Crippen molar-refractivity contribution >= 4 is 22.7 Å². The van der Waals surface area contributed by atoms with Crippen molar-refractivity contribution in [2.24, 2.45) is 5.92 Å². The van der Waals surface area contributed by atoms with Gasteiger partial charge in [0.05, 0.1) is 0 Å². The molecule has 2 aliphatic rings. The molecule has 5 nitrogen and oxygen atoms in total. The SMILES string of the molecule is CC1=C(c2cccc(O)c2)C(c2ccc(OCCN3CC(CCl)C3)cc2)Oc2ccc(O)cc21. The normalized spacial score (nSPS) is 18.2. The van der Waals surface area contributed by atoms with Crippen LogP contribution in [0.2, 0.25) is 0 Å². The van der Waals surface area contributed by atoms with E-state index in [1.54, 1.807) is 30.3 Å². The molecule has 1 fully saturated rings. The quantitative estimate of drug-likeness (QED) is 0.427. The number of rotatable bonds is 7. The Hall–Kier alpha value is -3.15. The number of hydrogen-bond donors (Lipinski definition) is 2. The van der Waals surface area contributed by atoms with Gasteiger partial charge in [0.2, 0.25) is 0 Å². The van der Waals surface area contributed by atoms with Crippen LogP contribution in [0.4, 0.5) is 0 Å². The van der Waals surface area contributed by atoms with Crippen molar-refractivity contribution in [2.75, 3.05) is 32.1 Å². The van der Waals surface area contributed by atoms with Crippen LogP contribution in [0.25, 0.3) is 11.1 Å². The van der Waals surface area contributed by atoms with Crippen LogP contribution >= 0.6 is 11.6 Å². The van der Waals surface area contributed by atoms with E-state index in [0.29, 0.717) is 18.3 Å². The largest absolute Gasteiger partial charge is 0.508 e. The van der Waals surface area contributed by atoms with Crippen LogP contribution in [0.5, 0.6) is 23.0 Å². The zero-order valence-corrected chi connectivity index (χ0v) is 19.8. The molecule has 0 radical (unpaired) electrons. The van der Waals surface area contributed by atoms with E-state index in [1.807, 2.05) is 43.3 Å². The number of alkyl halides is 1. The second kappa shape index (κ2) is 9.61. The van der Waals surface area contributed by atoms with Gasteiger partial charge in [-0.05, 0) is 72.0 Å². The summed E-state index contributed by atoms with van der Waals surface area (Å²) in [6.07, 6.45) is -0.360. The molecule has 0 aromatic heterocycles. The third-order valence-electron chi connectivity index (χ3n) is 6.55. The van der Waals surface area contributed by atoms with Crippen LogP contribution in [0.3, 0.4) is 0 Å². The predicted molar refractivity (Wildman–Crippen MR) is 135 cm³/mol. The van der Waals surface area contributed by atoms with E-state index in [-0.39, 0.29) is 17.6 Å². The average Bonchev–Trinajstić information content (AvgIpc) is 2.81. The van der Waals surface area contributed by atoms with Crippen molar-refractivity contribution < 1.29 is 19.7 Å². The van der Waals surface area contributed by atoms with Crippen LogP contribution in [-0.2, 0) is 0 Å². The van der Waals surface area contributed by atoms with Gasteiger partial charge in [-0.3, -0.25) is 4.90 Å². The average molecular weight is 478 g/mol. The Bertz CT molecular complexity index is 1200. The number of fused-ring (bicyclic) bond motifs is 1. The molecule has 0 aliphatic carbocycles. The first-order valence-corrected chi connectivity index (χ1v) is 12.1. The fraction of sp³-hybridized carbons (Fsp3) is 0.286. The van der Waals surface area contributed by atoms with Crippen molar-refractivity contribution in [2.45, 2.75) is 13.0 Å². The van der Waals surface area contributed by atoms with Gasteiger partial charge in [0.1, 0.15) is 35.7 Å². The summed E-state index contributed by atoms with van der Waals surface area (Å²) in [4.78, 5) is 2.35. The molecule has 2 aliphatic heterocycles. The number of phenolic OH excluding ortho intramolecular Hbond substituents is 2. The number of hydrogen-bond acceptors (Lipinski definition) is 5. The Morgan fingerprint density at radius 3 is 2.50 bits per heavy atom. The summed E-state index contributed by atoms with van der Waals surface area (Å²) in [7, 11) is 0. The van der Waals surface area contributed by atoms with Crippen molar-refractivity contribution in [3.63, 3.8) is 0 Å². The lowest BCUT2D eigenvalue weighted by molar-refractivity contribution is 0.0950. The first-order valence-electron chi connectivity index (χ1n) is 11.5.